The summed E-state index contributed by atoms with van der Waals surface area (Å²) in [7, 11) is 1.33. The molecule has 13 heavy (non-hydrogen) atoms. The van der Waals surface area contributed by atoms with E-state index in [9.17, 15) is 9.90 Å². The first-order valence-corrected chi connectivity index (χ1v) is 4.39. The average Bonchev–Trinajstić information content (AvgIpc) is 2.11. The molecule has 4 nitrogen and oxygen atoms in total. The van der Waals surface area contributed by atoms with Gasteiger partial charge in [0.05, 0.1) is 25.7 Å². The maximum Gasteiger partial charge on any atom is 0.314 e. The van der Waals surface area contributed by atoms with Crippen molar-refractivity contribution in [2.45, 2.75) is 25.9 Å². The second-order valence-electron chi connectivity index (χ2n) is 3.70. The van der Waals surface area contributed by atoms with Gasteiger partial charge in [-0.05, 0) is 13.3 Å². The molecule has 0 aromatic rings. The minimum Gasteiger partial charge on any atom is -0.469 e. The van der Waals surface area contributed by atoms with Gasteiger partial charge < -0.3 is 14.6 Å². The summed E-state index contributed by atoms with van der Waals surface area (Å²) in [5.74, 6) is -0.374. The molecule has 1 unspecified atom stereocenters. The van der Waals surface area contributed by atoms with Gasteiger partial charge in [0.25, 0.3) is 0 Å². The Hall–Kier alpha value is -0.610. The van der Waals surface area contributed by atoms with Crippen molar-refractivity contribution in [1.29, 1.82) is 0 Å². The minimum absolute atomic E-state index is 0.215. The molecule has 1 fully saturated rings. The third-order valence-corrected chi connectivity index (χ3v) is 3.05. The Kier molecular flexibility index (Phi) is 2.63. The van der Waals surface area contributed by atoms with Crippen LogP contribution in [-0.2, 0) is 14.3 Å². The van der Waals surface area contributed by atoms with Crippen LogP contribution in [0.3, 0.4) is 0 Å². The Bertz CT molecular complexity index is 210. The highest BCUT2D eigenvalue weighted by molar-refractivity contribution is 5.78. The van der Waals surface area contributed by atoms with Crippen LogP contribution >= 0.6 is 0 Å². The zero-order chi connectivity index (χ0) is 10.1. The van der Waals surface area contributed by atoms with Gasteiger partial charge in [0.1, 0.15) is 5.60 Å². The zero-order valence-corrected chi connectivity index (χ0v) is 8.29. The highest BCUT2D eigenvalue weighted by atomic mass is 16.6. The van der Waals surface area contributed by atoms with Crippen molar-refractivity contribution in [2.24, 2.45) is 5.41 Å². The van der Waals surface area contributed by atoms with E-state index >= 15 is 0 Å². The topological polar surface area (TPSA) is 55.8 Å². The third-order valence-electron chi connectivity index (χ3n) is 3.05. The van der Waals surface area contributed by atoms with Gasteiger partial charge in [-0.15, -0.1) is 0 Å². The van der Waals surface area contributed by atoms with Crippen molar-refractivity contribution < 1.29 is 19.4 Å². The summed E-state index contributed by atoms with van der Waals surface area (Å²) in [4.78, 5) is 11.5. The summed E-state index contributed by atoms with van der Waals surface area (Å²) >= 11 is 0. The molecule has 0 radical (unpaired) electrons. The van der Waals surface area contributed by atoms with Crippen molar-refractivity contribution in [1.82, 2.24) is 0 Å². The lowest BCUT2D eigenvalue weighted by Gasteiger charge is -2.47. The van der Waals surface area contributed by atoms with Crippen LogP contribution in [0.2, 0.25) is 0 Å². The molecule has 1 aliphatic rings. The molecule has 1 rings (SSSR count). The van der Waals surface area contributed by atoms with E-state index in [-0.39, 0.29) is 19.2 Å². The number of methoxy groups -OCH3 is 1. The minimum atomic E-state index is -1.05. The summed E-state index contributed by atoms with van der Waals surface area (Å²) in [5, 5.41) is 10.0. The van der Waals surface area contributed by atoms with Crippen molar-refractivity contribution in [3.63, 3.8) is 0 Å². The first-order valence-electron chi connectivity index (χ1n) is 4.39. The van der Waals surface area contributed by atoms with Crippen LogP contribution in [0, 0.1) is 5.41 Å². The quantitative estimate of drug-likeness (QED) is 0.649. The summed E-state index contributed by atoms with van der Waals surface area (Å²) in [6.07, 6.45) is 0.541. The van der Waals surface area contributed by atoms with E-state index in [2.05, 4.69) is 4.74 Å². The molecule has 1 N–H and O–H groups in total. The lowest BCUT2D eigenvalue weighted by atomic mass is 9.70. The summed E-state index contributed by atoms with van der Waals surface area (Å²) in [6, 6.07) is 0. The number of esters is 1. The second-order valence-corrected chi connectivity index (χ2v) is 3.70. The molecular formula is C9H16O4. The molecule has 1 aliphatic heterocycles. The number of hydrogen-bond acceptors (Lipinski definition) is 4. The largest absolute Gasteiger partial charge is 0.469 e. The summed E-state index contributed by atoms with van der Waals surface area (Å²) in [6.45, 7) is 3.99. The Labute approximate surface area is 77.8 Å². The fourth-order valence-corrected chi connectivity index (χ4v) is 1.50. The predicted molar refractivity (Wildman–Crippen MR) is 46.2 cm³/mol. The van der Waals surface area contributed by atoms with Crippen LogP contribution in [0.4, 0.5) is 0 Å². The van der Waals surface area contributed by atoms with E-state index in [1.54, 1.807) is 6.92 Å². The average molecular weight is 188 g/mol. The van der Waals surface area contributed by atoms with Gasteiger partial charge in [-0.2, -0.15) is 0 Å². The van der Waals surface area contributed by atoms with Gasteiger partial charge in [-0.25, -0.2) is 0 Å². The maximum atomic E-state index is 11.5. The Balaban J connectivity index is 2.85. The van der Waals surface area contributed by atoms with E-state index in [4.69, 9.17) is 4.74 Å². The normalized spacial score (nSPS) is 24.3. The lowest BCUT2D eigenvalue weighted by Crippen LogP contribution is -2.63. The number of rotatable bonds is 3. The van der Waals surface area contributed by atoms with Crippen LogP contribution in [0.5, 0.6) is 0 Å². The molecule has 0 aromatic carbocycles. The van der Waals surface area contributed by atoms with Gasteiger partial charge in [0.2, 0.25) is 0 Å². The van der Waals surface area contributed by atoms with Gasteiger partial charge >= 0.3 is 5.97 Å². The van der Waals surface area contributed by atoms with Gasteiger partial charge in [-0.1, -0.05) is 6.92 Å². The molecule has 1 saturated heterocycles. The third kappa shape index (κ3) is 1.34. The fourth-order valence-electron chi connectivity index (χ4n) is 1.50. The first-order chi connectivity index (χ1) is 6.00. The van der Waals surface area contributed by atoms with Crippen LogP contribution in [-0.4, -0.2) is 37.0 Å². The fraction of sp³-hybridized carbons (Fsp3) is 0.889. The number of carbonyl (C=O) groups excluding carboxylic acids is 1. The van der Waals surface area contributed by atoms with E-state index in [1.165, 1.54) is 7.11 Å². The van der Waals surface area contributed by atoms with Crippen molar-refractivity contribution in [2.75, 3.05) is 20.3 Å². The lowest BCUT2D eigenvalue weighted by molar-refractivity contribution is -0.242. The van der Waals surface area contributed by atoms with Crippen LogP contribution in [0.25, 0.3) is 0 Å². The van der Waals surface area contributed by atoms with Crippen molar-refractivity contribution in [3.8, 4) is 0 Å². The second kappa shape index (κ2) is 3.27. The monoisotopic (exact) mass is 188 g/mol. The molecule has 0 saturated carbocycles. The Morgan fingerprint density at radius 3 is 2.46 bits per heavy atom. The Morgan fingerprint density at radius 1 is 1.69 bits per heavy atom. The molecule has 1 heterocycles. The Morgan fingerprint density at radius 2 is 2.23 bits per heavy atom. The van der Waals surface area contributed by atoms with E-state index in [0.717, 1.165) is 0 Å². The number of aliphatic hydroxyl groups is 1. The van der Waals surface area contributed by atoms with Gasteiger partial charge in [0.15, 0.2) is 0 Å². The van der Waals surface area contributed by atoms with E-state index < -0.39 is 11.0 Å². The molecule has 1 atom stereocenters. The van der Waals surface area contributed by atoms with E-state index in [0.29, 0.717) is 6.42 Å². The van der Waals surface area contributed by atoms with Crippen LogP contribution in [0.15, 0.2) is 0 Å². The SMILES string of the molecule is CCC(C)(C(=O)OC)C1(O)COC1. The van der Waals surface area contributed by atoms with Gasteiger partial charge in [-0.3, -0.25) is 4.79 Å². The molecule has 4 heteroatoms. The standard InChI is InChI=1S/C9H16O4/c1-4-8(2,7(10)12-3)9(11)5-13-6-9/h11H,4-6H2,1-3H3. The highest BCUT2D eigenvalue weighted by Crippen LogP contribution is 2.40. The van der Waals surface area contributed by atoms with Crippen LogP contribution < -0.4 is 0 Å². The summed E-state index contributed by atoms with van der Waals surface area (Å²) in [5.41, 5.74) is -1.89. The molecule has 0 spiro atoms. The smallest absolute Gasteiger partial charge is 0.314 e. The number of hydrogen-bond donors (Lipinski definition) is 1. The van der Waals surface area contributed by atoms with Crippen molar-refractivity contribution in [3.05, 3.63) is 0 Å². The van der Waals surface area contributed by atoms with Crippen molar-refractivity contribution >= 4 is 5.97 Å². The maximum absolute atomic E-state index is 11.5. The number of ether oxygens (including phenoxy) is 2. The number of carbonyl (C=O) groups is 1. The molecule has 76 valence electrons. The molecule has 0 bridgehead atoms. The molecule has 0 aromatic heterocycles. The first kappa shape index (κ1) is 10.5. The molecule has 0 aliphatic carbocycles. The van der Waals surface area contributed by atoms with Gasteiger partial charge in [0, 0.05) is 0 Å². The zero-order valence-electron chi connectivity index (χ0n) is 8.29. The summed E-state index contributed by atoms with van der Waals surface area (Å²) < 4.78 is 9.60. The molecular weight excluding hydrogens is 172 g/mol. The van der Waals surface area contributed by atoms with Crippen LogP contribution in [0.1, 0.15) is 20.3 Å². The highest BCUT2D eigenvalue weighted by Gasteiger charge is 2.56. The van der Waals surface area contributed by atoms with E-state index in [1.807, 2.05) is 6.92 Å². The predicted octanol–water partition coefficient (Wildman–Crippen LogP) is 0.337. The molecule has 0 amide bonds.